The van der Waals surface area contributed by atoms with Gasteiger partial charge in [0.05, 0.1) is 18.6 Å². The van der Waals surface area contributed by atoms with Crippen molar-refractivity contribution in [2.45, 2.75) is 18.0 Å². The number of alkyl halides is 4. The molecule has 0 aromatic heterocycles. The molecule has 0 heterocycles. The van der Waals surface area contributed by atoms with E-state index in [1.165, 1.54) is 7.11 Å². The van der Waals surface area contributed by atoms with Crippen LogP contribution >= 0.6 is 11.6 Å². The van der Waals surface area contributed by atoms with Gasteiger partial charge >= 0.3 is 12.1 Å². The van der Waals surface area contributed by atoms with E-state index in [1.54, 1.807) is 24.3 Å². The fourth-order valence-electron chi connectivity index (χ4n) is 2.57. The van der Waals surface area contributed by atoms with Crippen molar-refractivity contribution in [1.29, 1.82) is 0 Å². The largest absolute Gasteiger partial charge is 0.465 e. The van der Waals surface area contributed by atoms with Gasteiger partial charge in [0.1, 0.15) is 0 Å². The number of halogens is 4. The molecule has 20 heavy (non-hydrogen) atoms. The minimum atomic E-state index is -3.99. The second-order valence-electron chi connectivity index (χ2n) is 4.92. The Morgan fingerprint density at radius 2 is 1.90 bits per heavy atom. The average molecular weight is 307 g/mol. The van der Waals surface area contributed by atoms with Crippen molar-refractivity contribution in [1.82, 2.24) is 0 Å². The lowest BCUT2D eigenvalue weighted by Gasteiger charge is -2.15. The lowest BCUT2D eigenvalue weighted by Crippen LogP contribution is -2.15. The number of esters is 1. The SMILES string of the molecule is COC(=O)c1ccccc1.FC(F)(F)C1C2CC(Cl)C21. The minimum Gasteiger partial charge on any atom is -0.465 e. The van der Waals surface area contributed by atoms with Crippen LogP contribution in [0.1, 0.15) is 16.8 Å². The molecular weight excluding hydrogens is 293 g/mol. The Morgan fingerprint density at radius 3 is 2.20 bits per heavy atom. The molecular formula is C14H14ClF3O2. The van der Waals surface area contributed by atoms with Crippen LogP contribution in [0.15, 0.2) is 30.3 Å². The Bertz CT molecular complexity index is 475. The lowest BCUT2D eigenvalue weighted by molar-refractivity contribution is -0.151. The Morgan fingerprint density at radius 1 is 1.30 bits per heavy atom. The normalized spacial score (nSPS) is 30.2. The number of ether oxygens (including phenoxy) is 1. The molecule has 4 unspecified atom stereocenters. The number of carbonyl (C=O) groups excluding carboxylic acids is 1. The molecule has 1 aromatic rings. The highest BCUT2D eigenvalue weighted by Crippen LogP contribution is 2.68. The first-order chi connectivity index (χ1) is 9.36. The predicted molar refractivity (Wildman–Crippen MR) is 68.6 cm³/mol. The van der Waals surface area contributed by atoms with E-state index in [0.717, 1.165) is 0 Å². The van der Waals surface area contributed by atoms with E-state index in [4.69, 9.17) is 11.6 Å². The van der Waals surface area contributed by atoms with Gasteiger partial charge in [0.2, 0.25) is 0 Å². The second-order valence-corrected chi connectivity index (χ2v) is 5.48. The predicted octanol–water partition coefficient (Wildman–Crippen LogP) is 3.90. The number of hydrogen-bond acceptors (Lipinski definition) is 2. The van der Waals surface area contributed by atoms with Crippen molar-refractivity contribution < 1.29 is 22.7 Å². The molecule has 0 aliphatic heterocycles. The maximum Gasteiger partial charge on any atom is 0.392 e. The van der Waals surface area contributed by atoms with Crippen LogP contribution in [-0.4, -0.2) is 24.6 Å². The summed E-state index contributed by atoms with van der Waals surface area (Å²) in [5, 5.41) is -0.198. The third-order valence-corrected chi connectivity index (χ3v) is 4.19. The van der Waals surface area contributed by atoms with E-state index in [2.05, 4.69) is 4.74 Å². The van der Waals surface area contributed by atoms with E-state index in [1.807, 2.05) is 6.07 Å². The summed E-state index contributed by atoms with van der Waals surface area (Å²) < 4.78 is 40.2. The number of methoxy groups -OCH3 is 1. The van der Waals surface area contributed by atoms with E-state index < -0.39 is 12.1 Å². The smallest absolute Gasteiger partial charge is 0.392 e. The molecule has 110 valence electrons. The molecule has 2 nitrogen and oxygen atoms in total. The van der Waals surface area contributed by atoms with Crippen molar-refractivity contribution in [2.24, 2.45) is 17.8 Å². The average Bonchev–Trinajstić information content (AvgIpc) is 3.06. The summed E-state index contributed by atoms with van der Waals surface area (Å²) in [5.74, 6) is -1.71. The van der Waals surface area contributed by atoms with Crippen molar-refractivity contribution >= 4 is 17.6 Å². The maximum atomic E-state index is 11.9. The summed E-state index contributed by atoms with van der Waals surface area (Å²) >= 11 is 5.54. The highest BCUT2D eigenvalue weighted by atomic mass is 35.5. The van der Waals surface area contributed by atoms with Crippen LogP contribution in [0.2, 0.25) is 0 Å². The molecule has 6 heteroatoms. The Hall–Kier alpha value is -1.23. The van der Waals surface area contributed by atoms with Crippen molar-refractivity contribution in [3.05, 3.63) is 35.9 Å². The zero-order valence-corrected chi connectivity index (χ0v) is 11.5. The molecule has 2 aliphatic carbocycles. The molecule has 0 radical (unpaired) electrons. The van der Waals surface area contributed by atoms with Gasteiger partial charge in [-0.1, -0.05) is 18.2 Å². The second kappa shape index (κ2) is 5.64. The molecule has 4 atom stereocenters. The van der Waals surface area contributed by atoms with Gasteiger partial charge in [0, 0.05) is 5.38 Å². The van der Waals surface area contributed by atoms with Gasteiger partial charge in [-0.15, -0.1) is 11.6 Å². The molecule has 0 amide bonds. The van der Waals surface area contributed by atoms with Gasteiger partial charge in [0.25, 0.3) is 0 Å². The summed E-state index contributed by atoms with van der Waals surface area (Å²) in [6, 6.07) is 8.88. The topological polar surface area (TPSA) is 26.3 Å². The molecule has 0 bridgehead atoms. The molecule has 1 aromatic carbocycles. The summed E-state index contributed by atoms with van der Waals surface area (Å²) in [5.41, 5.74) is 0.588. The van der Waals surface area contributed by atoms with Crippen LogP contribution in [-0.2, 0) is 4.74 Å². The fraction of sp³-hybridized carbons (Fsp3) is 0.500. The zero-order valence-electron chi connectivity index (χ0n) is 10.7. The molecule has 0 N–H and O–H groups in total. The molecule has 2 aliphatic rings. The Kier molecular flexibility index (Phi) is 4.28. The molecule has 2 saturated carbocycles. The number of hydrogen-bond donors (Lipinski definition) is 0. The number of fused-ring (bicyclic) bond motifs is 1. The van der Waals surface area contributed by atoms with E-state index in [0.29, 0.717) is 12.0 Å². The number of rotatable bonds is 1. The summed E-state index contributed by atoms with van der Waals surface area (Å²) in [6.07, 6.45) is -3.42. The van der Waals surface area contributed by atoms with Crippen LogP contribution in [0.3, 0.4) is 0 Å². The quantitative estimate of drug-likeness (QED) is 0.581. The van der Waals surface area contributed by atoms with Gasteiger partial charge in [-0.2, -0.15) is 13.2 Å². The van der Waals surface area contributed by atoms with Crippen LogP contribution in [0.5, 0.6) is 0 Å². The monoisotopic (exact) mass is 306 g/mol. The molecule has 0 spiro atoms. The van der Waals surface area contributed by atoms with Crippen LogP contribution in [0.4, 0.5) is 13.2 Å². The van der Waals surface area contributed by atoms with Crippen molar-refractivity contribution in [2.75, 3.05) is 7.11 Å². The molecule has 0 saturated heterocycles. The van der Waals surface area contributed by atoms with Crippen molar-refractivity contribution in [3.63, 3.8) is 0 Å². The zero-order chi connectivity index (χ0) is 14.9. The minimum absolute atomic E-state index is 0.123. The summed E-state index contributed by atoms with van der Waals surface area (Å²) in [6.45, 7) is 0. The third kappa shape index (κ3) is 3.08. The molecule has 3 rings (SSSR count). The van der Waals surface area contributed by atoms with E-state index >= 15 is 0 Å². The lowest BCUT2D eigenvalue weighted by atomic mass is 10.0. The standard InChI is InChI=1S/C8H8O2.C6H6ClF3/c1-10-8(9)7-5-3-2-4-6-7;7-3-1-2-4(3)5(2)6(8,9)10/h2-6H,1H3;2-5H,1H2. The van der Waals surface area contributed by atoms with Gasteiger partial charge in [0.15, 0.2) is 0 Å². The van der Waals surface area contributed by atoms with Crippen molar-refractivity contribution in [3.8, 4) is 0 Å². The first kappa shape index (κ1) is 15.2. The number of benzene rings is 1. The summed E-state index contributed by atoms with van der Waals surface area (Å²) in [4.78, 5) is 10.8. The van der Waals surface area contributed by atoms with E-state index in [-0.39, 0.29) is 23.2 Å². The highest BCUT2D eigenvalue weighted by molar-refractivity contribution is 6.21. The Labute approximate surface area is 119 Å². The van der Waals surface area contributed by atoms with Gasteiger partial charge in [-0.05, 0) is 30.4 Å². The van der Waals surface area contributed by atoms with Crippen LogP contribution in [0.25, 0.3) is 0 Å². The van der Waals surface area contributed by atoms with Gasteiger partial charge in [-0.3, -0.25) is 0 Å². The van der Waals surface area contributed by atoms with Gasteiger partial charge in [-0.25, -0.2) is 4.79 Å². The molecule has 2 fully saturated rings. The van der Waals surface area contributed by atoms with Gasteiger partial charge < -0.3 is 4.74 Å². The first-order valence-electron chi connectivity index (χ1n) is 6.20. The maximum absolute atomic E-state index is 11.9. The first-order valence-corrected chi connectivity index (χ1v) is 6.64. The summed E-state index contributed by atoms with van der Waals surface area (Å²) in [7, 11) is 1.37. The van der Waals surface area contributed by atoms with Crippen LogP contribution in [0, 0.1) is 17.8 Å². The van der Waals surface area contributed by atoms with E-state index in [9.17, 15) is 18.0 Å². The third-order valence-electron chi connectivity index (χ3n) is 3.72. The number of carbonyl (C=O) groups is 1. The fourth-order valence-corrected chi connectivity index (χ4v) is 3.12. The Balaban J connectivity index is 0.000000147. The van der Waals surface area contributed by atoms with Crippen LogP contribution < -0.4 is 0 Å². The highest BCUT2D eigenvalue weighted by Gasteiger charge is 2.72.